The molecule has 3 rings (SSSR count). The van der Waals surface area contributed by atoms with Gasteiger partial charge in [0.25, 0.3) is 11.8 Å². The van der Waals surface area contributed by atoms with Gasteiger partial charge in [-0.15, -0.1) is 0 Å². The molecular weight excluding hydrogens is 338 g/mol. The number of para-hydroxylation sites is 1. The van der Waals surface area contributed by atoms with Gasteiger partial charge in [0.15, 0.2) is 0 Å². The number of hydrogen-bond acceptors (Lipinski definition) is 3. The average molecular weight is 365 g/mol. The molecule has 2 aromatic rings. The maximum atomic E-state index is 12.3. The van der Waals surface area contributed by atoms with E-state index >= 15 is 0 Å². The molecule has 0 aliphatic carbocycles. The van der Waals surface area contributed by atoms with Gasteiger partial charge in [-0.25, -0.2) is 0 Å². The lowest BCUT2D eigenvalue weighted by atomic mass is 9.99. The molecule has 1 aliphatic rings. The summed E-state index contributed by atoms with van der Waals surface area (Å²) in [4.78, 5) is 26.9. The van der Waals surface area contributed by atoms with E-state index in [2.05, 4.69) is 22.5 Å². The first-order valence-corrected chi connectivity index (χ1v) is 9.59. The predicted molar refractivity (Wildman–Crippen MR) is 108 cm³/mol. The standard InChI is InChI=1S/C22H27N3O2/c1-17-11-14-25(15-12-17)16-13-23-21(26)18-7-9-19(10-8-18)22(27)24-20-5-3-2-4-6-20/h2-10,17H,11-16H2,1H3,(H,23,26)(H,24,27). The summed E-state index contributed by atoms with van der Waals surface area (Å²) in [6, 6.07) is 16.1. The van der Waals surface area contributed by atoms with Crippen molar-refractivity contribution in [2.24, 2.45) is 5.92 Å². The van der Waals surface area contributed by atoms with Crippen molar-refractivity contribution < 1.29 is 9.59 Å². The van der Waals surface area contributed by atoms with Crippen molar-refractivity contribution in [2.45, 2.75) is 19.8 Å². The quantitative estimate of drug-likeness (QED) is 0.825. The largest absolute Gasteiger partial charge is 0.351 e. The molecule has 1 fully saturated rings. The maximum absolute atomic E-state index is 12.3. The van der Waals surface area contributed by atoms with Crippen LogP contribution in [-0.2, 0) is 0 Å². The number of rotatable bonds is 6. The first kappa shape index (κ1) is 19.1. The first-order valence-electron chi connectivity index (χ1n) is 9.59. The fourth-order valence-electron chi connectivity index (χ4n) is 3.21. The highest BCUT2D eigenvalue weighted by Gasteiger charge is 2.15. The van der Waals surface area contributed by atoms with E-state index in [4.69, 9.17) is 0 Å². The lowest BCUT2D eigenvalue weighted by Gasteiger charge is -2.30. The Morgan fingerprint density at radius 2 is 1.52 bits per heavy atom. The van der Waals surface area contributed by atoms with Gasteiger partial charge >= 0.3 is 0 Å². The van der Waals surface area contributed by atoms with Crippen molar-refractivity contribution in [1.29, 1.82) is 0 Å². The fourth-order valence-corrected chi connectivity index (χ4v) is 3.21. The number of anilines is 1. The van der Waals surface area contributed by atoms with Gasteiger partial charge in [0.05, 0.1) is 0 Å². The topological polar surface area (TPSA) is 61.4 Å². The number of hydrogen-bond donors (Lipinski definition) is 2. The molecule has 0 aromatic heterocycles. The molecule has 5 nitrogen and oxygen atoms in total. The highest BCUT2D eigenvalue weighted by atomic mass is 16.2. The van der Waals surface area contributed by atoms with Crippen molar-refractivity contribution in [1.82, 2.24) is 10.2 Å². The molecule has 142 valence electrons. The summed E-state index contributed by atoms with van der Waals surface area (Å²) in [7, 11) is 0. The summed E-state index contributed by atoms with van der Waals surface area (Å²) in [6.45, 7) is 6.05. The van der Waals surface area contributed by atoms with E-state index in [0.29, 0.717) is 17.7 Å². The summed E-state index contributed by atoms with van der Waals surface area (Å²) in [6.07, 6.45) is 2.47. The second-order valence-electron chi connectivity index (χ2n) is 7.18. The van der Waals surface area contributed by atoms with E-state index in [0.717, 1.165) is 31.2 Å². The Balaban J connectivity index is 1.46. The number of benzene rings is 2. The lowest BCUT2D eigenvalue weighted by molar-refractivity contribution is 0.0943. The van der Waals surface area contributed by atoms with Crippen LogP contribution in [0.1, 0.15) is 40.5 Å². The molecule has 1 heterocycles. The molecule has 0 spiro atoms. The van der Waals surface area contributed by atoms with Crippen LogP contribution in [-0.4, -0.2) is 42.9 Å². The zero-order valence-corrected chi connectivity index (χ0v) is 15.8. The molecule has 0 atom stereocenters. The molecule has 2 aromatic carbocycles. The second-order valence-corrected chi connectivity index (χ2v) is 7.18. The van der Waals surface area contributed by atoms with Gasteiger partial charge in [-0.2, -0.15) is 0 Å². The van der Waals surface area contributed by atoms with Gasteiger partial charge in [-0.05, 0) is 68.2 Å². The molecule has 0 saturated carbocycles. The van der Waals surface area contributed by atoms with Crippen LogP contribution < -0.4 is 10.6 Å². The third-order valence-electron chi connectivity index (χ3n) is 5.03. The Morgan fingerprint density at radius 1 is 0.926 bits per heavy atom. The summed E-state index contributed by atoms with van der Waals surface area (Å²) >= 11 is 0. The summed E-state index contributed by atoms with van der Waals surface area (Å²) in [5.74, 6) is 0.524. The van der Waals surface area contributed by atoms with Gasteiger partial charge in [-0.3, -0.25) is 9.59 Å². The zero-order valence-electron chi connectivity index (χ0n) is 15.8. The molecular formula is C22H27N3O2. The molecule has 0 radical (unpaired) electrons. The molecule has 5 heteroatoms. The van der Waals surface area contributed by atoms with Crippen molar-refractivity contribution in [2.75, 3.05) is 31.5 Å². The van der Waals surface area contributed by atoms with E-state index in [9.17, 15) is 9.59 Å². The Labute approximate surface area is 160 Å². The van der Waals surface area contributed by atoms with Crippen molar-refractivity contribution in [3.8, 4) is 0 Å². The zero-order chi connectivity index (χ0) is 19.1. The van der Waals surface area contributed by atoms with Crippen LogP contribution >= 0.6 is 0 Å². The van der Waals surface area contributed by atoms with Crippen molar-refractivity contribution >= 4 is 17.5 Å². The van der Waals surface area contributed by atoms with Crippen LogP contribution in [0.3, 0.4) is 0 Å². The number of likely N-dealkylation sites (tertiary alicyclic amines) is 1. The predicted octanol–water partition coefficient (Wildman–Crippen LogP) is 3.40. The number of nitrogens with one attached hydrogen (secondary N) is 2. The Hall–Kier alpha value is -2.66. The van der Waals surface area contributed by atoms with Crippen LogP contribution in [0, 0.1) is 5.92 Å². The number of carbonyl (C=O) groups excluding carboxylic acids is 2. The highest BCUT2D eigenvalue weighted by Crippen LogP contribution is 2.15. The van der Waals surface area contributed by atoms with E-state index < -0.39 is 0 Å². The molecule has 1 aliphatic heterocycles. The second kappa shape index (κ2) is 9.33. The lowest BCUT2D eigenvalue weighted by Crippen LogP contribution is -2.39. The summed E-state index contributed by atoms with van der Waals surface area (Å²) in [5, 5.41) is 5.80. The van der Waals surface area contributed by atoms with Crippen LogP contribution in [0.25, 0.3) is 0 Å². The minimum Gasteiger partial charge on any atom is -0.351 e. The normalized spacial score (nSPS) is 15.3. The Kier molecular flexibility index (Phi) is 6.60. The maximum Gasteiger partial charge on any atom is 0.255 e. The van der Waals surface area contributed by atoms with E-state index in [1.165, 1.54) is 12.8 Å². The minimum atomic E-state index is -0.188. The molecule has 0 unspecified atom stereocenters. The van der Waals surface area contributed by atoms with E-state index in [1.54, 1.807) is 24.3 Å². The summed E-state index contributed by atoms with van der Waals surface area (Å²) in [5.41, 5.74) is 1.84. The van der Waals surface area contributed by atoms with Gasteiger partial charge in [-0.1, -0.05) is 25.1 Å². The number of amides is 2. The van der Waals surface area contributed by atoms with Crippen LogP contribution in [0.15, 0.2) is 54.6 Å². The minimum absolute atomic E-state index is 0.101. The van der Waals surface area contributed by atoms with Crippen molar-refractivity contribution in [3.05, 3.63) is 65.7 Å². The summed E-state index contributed by atoms with van der Waals surface area (Å²) < 4.78 is 0. The molecule has 2 N–H and O–H groups in total. The van der Waals surface area contributed by atoms with E-state index in [1.807, 2.05) is 30.3 Å². The average Bonchev–Trinajstić information content (AvgIpc) is 2.70. The van der Waals surface area contributed by atoms with Gasteiger partial charge in [0.1, 0.15) is 0 Å². The van der Waals surface area contributed by atoms with Crippen molar-refractivity contribution in [3.63, 3.8) is 0 Å². The Bertz CT molecular complexity index is 751. The molecule has 27 heavy (non-hydrogen) atoms. The van der Waals surface area contributed by atoms with Crippen LogP contribution in [0.4, 0.5) is 5.69 Å². The van der Waals surface area contributed by atoms with Gasteiger partial charge in [0.2, 0.25) is 0 Å². The van der Waals surface area contributed by atoms with E-state index in [-0.39, 0.29) is 11.8 Å². The molecule has 0 bridgehead atoms. The third-order valence-corrected chi connectivity index (χ3v) is 5.03. The SMILES string of the molecule is CC1CCN(CCNC(=O)c2ccc(C(=O)Nc3ccccc3)cc2)CC1. The van der Waals surface area contributed by atoms with Gasteiger partial charge in [0, 0.05) is 29.9 Å². The first-order chi connectivity index (χ1) is 13.1. The number of piperidine rings is 1. The Morgan fingerprint density at radius 3 is 2.15 bits per heavy atom. The number of nitrogens with zero attached hydrogens (tertiary/aromatic N) is 1. The number of carbonyl (C=O) groups is 2. The van der Waals surface area contributed by atoms with Gasteiger partial charge < -0.3 is 15.5 Å². The molecule has 2 amide bonds. The van der Waals surface area contributed by atoms with Crippen LogP contribution in [0.5, 0.6) is 0 Å². The monoisotopic (exact) mass is 365 g/mol. The smallest absolute Gasteiger partial charge is 0.255 e. The highest BCUT2D eigenvalue weighted by molar-refractivity contribution is 6.05. The van der Waals surface area contributed by atoms with Crippen LogP contribution in [0.2, 0.25) is 0 Å². The molecule has 1 saturated heterocycles. The third kappa shape index (κ3) is 5.66. The fraction of sp³-hybridized carbons (Fsp3) is 0.364.